The SMILES string of the molecule is ClC1CCCCCC1c1cccc(C2CCC2)c1. The molecule has 2 aliphatic rings. The Morgan fingerprint density at radius 2 is 1.61 bits per heavy atom. The molecule has 1 aromatic carbocycles. The first-order valence-electron chi connectivity index (χ1n) is 7.58. The number of halogens is 1. The summed E-state index contributed by atoms with van der Waals surface area (Å²) >= 11 is 6.60. The number of rotatable bonds is 2. The fourth-order valence-electron chi connectivity index (χ4n) is 3.42. The molecule has 0 radical (unpaired) electrons. The maximum Gasteiger partial charge on any atom is 0.0404 e. The fraction of sp³-hybridized carbons (Fsp3) is 0.647. The second-order valence-corrected chi connectivity index (χ2v) is 6.62. The van der Waals surface area contributed by atoms with Crippen LogP contribution >= 0.6 is 11.6 Å². The molecule has 98 valence electrons. The molecule has 1 heteroatoms. The number of hydrogen-bond acceptors (Lipinski definition) is 0. The van der Waals surface area contributed by atoms with E-state index in [2.05, 4.69) is 24.3 Å². The number of hydrogen-bond donors (Lipinski definition) is 0. The van der Waals surface area contributed by atoms with E-state index in [0.29, 0.717) is 11.3 Å². The Hall–Kier alpha value is -0.490. The van der Waals surface area contributed by atoms with Crippen molar-refractivity contribution in [3.05, 3.63) is 35.4 Å². The van der Waals surface area contributed by atoms with Gasteiger partial charge in [-0.3, -0.25) is 0 Å². The van der Waals surface area contributed by atoms with Crippen LogP contribution in [0.4, 0.5) is 0 Å². The van der Waals surface area contributed by atoms with Crippen LogP contribution in [0.3, 0.4) is 0 Å². The molecule has 0 heterocycles. The van der Waals surface area contributed by atoms with Crippen LogP contribution in [0.1, 0.15) is 74.3 Å². The molecule has 0 aromatic heterocycles. The quantitative estimate of drug-likeness (QED) is 0.480. The van der Waals surface area contributed by atoms with E-state index in [4.69, 9.17) is 11.6 Å². The minimum atomic E-state index is 0.351. The zero-order chi connectivity index (χ0) is 12.4. The van der Waals surface area contributed by atoms with Crippen LogP contribution in [-0.4, -0.2) is 5.38 Å². The first-order chi connectivity index (χ1) is 8.84. The third-order valence-corrected chi connectivity index (χ3v) is 5.37. The van der Waals surface area contributed by atoms with Crippen LogP contribution in [0.15, 0.2) is 24.3 Å². The van der Waals surface area contributed by atoms with E-state index < -0.39 is 0 Å². The summed E-state index contributed by atoms with van der Waals surface area (Å²) in [7, 11) is 0. The summed E-state index contributed by atoms with van der Waals surface area (Å²) < 4.78 is 0. The van der Waals surface area contributed by atoms with Crippen LogP contribution in [0.25, 0.3) is 0 Å². The second-order valence-electron chi connectivity index (χ2n) is 6.06. The van der Waals surface area contributed by atoms with Gasteiger partial charge in [0.05, 0.1) is 0 Å². The van der Waals surface area contributed by atoms with Crippen molar-refractivity contribution >= 4 is 11.6 Å². The van der Waals surface area contributed by atoms with E-state index in [0.717, 1.165) is 5.92 Å². The van der Waals surface area contributed by atoms with Gasteiger partial charge in [0.1, 0.15) is 0 Å². The summed E-state index contributed by atoms with van der Waals surface area (Å²) in [6, 6.07) is 9.31. The summed E-state index contributed by atoms with van der Waals surface area (Å²) in [6.45, 7) is 0. The number of benzene rings is 1. The summed E-state index contributed by atoms with van der Waals surface area (Å²) in [6.07, 6.45) is 10.7. The van der Waals surface area contributed by atoms with Gasteiger partial charge in [-0.15, -0.1) is 11.6 Å². The Labute approximate surface area is 116 Å². The normalized spacial score (nSPS) is 29.6. The summed E-state index contributed by atoms with van der Waals surface area (Å²) in [4.78, 5) is 0. The van der Waals surface area contributed by atoms with Crippen molar-refractivity contribution in [1.82, 2.24) is 0 Å². The highest BCUT2D eigenvalue weighted by molar-refractivity contribution is 6.21. The van der Waals surface area contributed by atoms with E-state index in [9.17, 15) is 0 Å². The highest BCUT2D eigenvalue weighted by Crippen LogP contribution is 2.40. The molecule has 0 nitrogen and oxygen atoms in total. The van der Waals surface area contributed by atoms with E-state index in [-0.39, 0.29) is 0 Å². The lowest BCUT2D eigenvalue weighted by atomic mass is 9.78. The van der Waals surface area contributed by atoms with Crippen LogP contribution in [-0.2, 0) is 0 Å². The van der Waals surface area contributed by atoms with Crippen LogP contribution in [0.2, 0.25) is 0 Å². The molecule has 0 amide bonds. The standard InChI is InChI=1S/C17H23Cl/c18-17-11-3-1-2-10-16(17)15-9-5-8-14(12-15)13-6-4-7-13/h5,8-9,12-13,16-17H,1-4,6-7,10-11H2. The van der Waals surface area contributed by atoms with Gasteiger partial charge in [-0.25, -0.2) is 0 Å². The van der Waals surface area contributed by atoms with Crippen molar-refractivity contribution in [2.45, 2.75) is 68.6 Å². The van der Waals surface area contributed by atoms with Gasteiger partial charge in [0.15, 0.2) is 0 Å². The molecule has 2 fully saturated rings. The predicted octanol–water partition coefficient (Wildman–Crippen LogP) is 5.61. The summed E-state index contributed by atoms with van der Waals surface area (Å²) in [5.74, 6) is 1.43. The van der Waals surface area contributed by atoms with Gasteiger partial charge >= 0.3 is 0 Å². The molecular weight excluding hydrogens is 240 g/mol. The molecule has 0 bridgehead atoms. The zero-order valence-corrected chi connectivity index (χ0v) is 11.8. The lowest BCUT2D eigenvalue weighted by Gasteiger charge is -2.27. The largest absolute Gasteiger partial charge is 0.122 e. The van der Waals surface area contributed by atoms with Gasteiger partial charge in [0, 0.05) is 11.3 Å². The Morgan fingerprint density at radius 1 is 0.833 bits per heavy atom. The lowest BCUT2D eigenvalue weighted by Crippen LogP contribution is -2.13. The Morgan fingerprint density at radius 3 is 2.39 bits per heavy atom. The van der Waals surface area contributed by atoms with Gasteiger partial charge < -0.3 is 0 Å². The number of alkyl halides is 1. The average Bonchev–Trinajstić information content (AvgIpc) is 2.52. The van der Waals surface area contributed by atoms with Crippen molar-refractivity contribution in [3.8, 4) is 0 Å². The van der Waals surface area contributed by atoms with Crippen molar-refractivity contribution in [1.29, 1.82) is 0 Å². The monoisotopic (exact) mass is 262 g/mol. The van der Waals surface area contributed by atoms with E-state index in [1.165, 1.54) is 56.9 Å². The van der Waals surface area contributed by atoms with Crippen molar-refractivity contribution < 1.29 is 0 Å². The molecule has 2 aliphatic carbocycles. The Kier molecular flexibility index (Phi) is 3.94. The second kappa shape index (κ2) is 5.65. The van der Waals surface area contributed by atoms with Crippen LogP contribution < -0.4 is 0 Å². The molecule has 2 unspecified atom stereocenters. The smallest absolute Gasteiger partial charge is 0.0404 e. The third kappa shape index (κ3) is 2.59. The third-order valence-electron chi connectivity index (χ3n) is 4.85. The van der Waals surface area contributed by atoms with Crippen molar-refractivity contribution in [3.63, 3.8) is 0 Å². The van der Waals surface area contributed by atoms with Gasteiger partial charge in [0.25, 0.3) is 0 Å². The van der Waals surface area contributed by atoms with Crippen molar-refractivity contribution in [2.75, 3.05) is 0 Å². The molecule has 18 heavy (non-hydrogen) atoms. The maximum atomic E-state index is 6.60. The minimum absolute atomic E-state index is 0.351. The topological polar surface area (TPSA) is 0 Å². The summed E-state index contributed by atoms with van der Waals surface area (Å²) in [5, 5.41) is 0.351. The van der Waals surface area contributed by atoms with Crippen LogP contribution in [0, 0.1) is 0 Å². The molecule has 0 N–H and O–H groups in total. The highest BCUT2D eigenvalue weighted by Gasteiger charge is 2.25. The average molecular weight is 263 g/mol. The molecule has 2 atom stereocenters. The first kappa shape index (κ1) is 12.5. The van der Waals surface area contributed by atoms with Gasteiger partial charge in [-0.2, -0.15) is 0 Å². The molecular formula is C17H23Cl. The Balaban J connectivity index is 1.81. The molecule has 0 aliphatic heterocycles. The molecule has 0 saturated heterocycles. The molecule has 2 saturated carbocycles. The van der Waals surface area contributed by atoms with Gasteiger partial charge in [-0.05, 0) is 42.7 Å². The van der Waals surface area contributed by atoms with Crippen LogP contribution in [0.5, 0.6) is 0 Å². The minimum Gasteiger partial charge on any atom is -0.122 e. The maximum absolute atomic E-state index is 6.60. The fourth-order valence-corrected chi connectivity index (χ4v) is 3.85. The predicted molar refractivity (Wildman–Crippen MR) is 78.5 cm³/mol. The summed E-state index contributed by atoms with van der Waals surface area (Å²) in [5.41, 5.74) is 3.06. The lowest BCUT2D eigenvalue weighted by molar-refractivity contribution is 0.419. The zero-order valence-electron chi connectivity index (χ0n) is 11.1. The molecule has 1 aromatic rings. The van der Waals surface area contributed by atoms with E-state index >= 15 is 0 Å². The van der Waals surface area contributed by atoms with Crippen molar-refractivity contribution in [2.24, 2.45) is 0 Å². The highest BCUT2D eigenvalue weighted by atomic mass is 35.5. The Bertz CT molecular complexity index is 394. The van der Waals surface area contributed by atoms with E-state index in [1.54, 1.807) is 5.56 Å². The van der Waals surface area contributed by atoms with Gasteiger partial charge in [0.2, 0.25) is 0 Å². The molecule has 3 rings (SSSR count). The van der Waals surface area contributed by atoms with Gasteiger partial charge in [-0.1, -0.05) is 49.9 Å². The van der Waals surface area contributed by atoms with E-state index in [1.807, 2.05) is 0 Å². The molecule has 0 spiro atoms. The first-order valence-corrected chi connectivity index (χ1v) is 8.02.